The Morgan fingerprint density at radius 2 is 2.33 bits per heavy atom. The van der Waals surface area contributed by atoms with Gasteiger partial charge >= 0.3 is 0 Å². The Morgan fingerprint density at radius 1 is 1.57 bits per heavy atom. The summed E-state index contributed by atoms with van der Waals surface area (Å²) in [6.07, 6.45) is 1.53. The SMILES string of the molecule is CCS(=O)(=O)C1CSCCN1C(=O)c1ccnc(CN)c1. The fraction of sp³-hybridized carbons (Fsp3) is 0.538. The summed E-state index contributed by atoms with van der Waals surface area (Å²) in [7, 11) is -3.30. The van der Waals surface area contributed by atoms with Gasteiger partial charge in [-0.15, -0.1) is 0 Å². The van der Waals surface area contributed by atoms with Crippen molar-refractivity contribution in [1.29, 1.82) is 0 Å². The number of rotatable bonds is 4. The zero-order valence-electron chi connectivity index (χ0n) is 11.9. The lowest BCUT2D eigenvalue weighted by Gasteiger charge is -2.34. The van der Waals surface area contributed by atoms with Crippen molar-refractivity contribution in [1.82, 2.24) is 9.88 Å². The molecule has 21 heavy (non-hydrogen) atoms. The van der Waals surface area contributed by atoms with E-state index in [1.807, 2.05) is 0 Å². The monoisotopic (exact) mass is 329 g/mol. The van der Waals surface area contributed by atoms with E-state index in [4.69, 9.17) is 5.73 Å². The molecule has 0 radical (unpaired) electrons. The number of aromatic nitrogens is 1. The van der Waals surface area contributed by atoms with Gasteiger partial charge in [-0.1, -0.05) is 6.92 Å². The Hall–Kier alpha value is -1.12. The lowest BCUT2D eigenvalue weighted by atomic mass is 10.2. The molecule has 1 aromatic heterocycles. The normalized spacial score (nSPS) is 19.5. The first-order valence-corrected chi connectivity index (χ1v) is 9.62. The van der Waals surface area contributed by atoms with E-state index in [0.717, 1.165) is 5.75 Å². The number of thioether (sulfide) groups is 1. The highest BCUT2D eigenvalue weighted by molar-refractivity contribution is 8.01. The molecule has 1 aromatic rings. The maximum atomic E-state index is 12.6. The number of sulfone groups is 1. The summed E-state index contributed by atoms with van der Waals surface area (Å²) in [5, 5.41) is -0.747. The predicted molar refractivity (Wildman–Crippen MR) is 83.7 cm³/mol. The van der Waals surface area contributed by atoms with Gasteiger partial charge in [-0.3, -0.25) is 9.78 Å². The number of nitrogens with two attached hydrogens (primary N) is 1. The van der Waals surface area contributed by atoms with E-state index < -0.39 is 15.2 Å². The molecule has 2 rings (SSSR count). The quantitative estimate of drug-likeness (QED) is 0.864. The summed E-state index contributed by atoms with van der Waals surface area (Å²) in [6, 6.07) is 3.22. The number of carbonyl (C=O) groups is 1. The molecule has 1 unspecified atom stereocenters. The van der Waals surface area contributed by atoms with E-state index in [1.165, 1.54) is 11.1 Å². The highest BCUT2D eigenvalue weighted by Crippen LogP contribution is 2.23. The van der Waals surface area contributed by atoms with Gasteiger partial charge in [0.1, 0.15) is 5.37 Å². The van der Waals surface area contributed by atoms with Crippen LogP contribution in [0.4, 0.5) is 0 Å². The minimum Gasteiger partial charge on any atom is -0.325 e. The van der Waals surface area contributed by atoms with E-state index in [-0.39, 0.29) is 18.2 Å². The van der Waals surface area contributed by atoms with Crippen molar-refractivity contribution >= 4 is 27.5 Å². The maximum absolute atomic E-state index is 12.6. The first kappa shape index (κ1) is 16.3. The molecule has 8 heteroatoms. The van der Waals surface area contributed by atoms with Crippen molar-refractivity contribution in [3.63, 3.8) is 0 Å². The molecular formula is C13H19N3O3S2. The molecule has 1 amide bonds. The zero-order valence-corrected chi connectivity index (χ0v) is 13.5. The Labute approximate surface area is 129 Å². The zero-order chi connectivity index (χ0) is 15.5. The van der Waals surface area contributed by atoms with Gasteiger partial charge in [0.2, 0.25) is 0 Å². The Kier molecular flexibility index (Phi) is 5.23. The summed E-state index contributed by atoms with van der Waals surface area (Å²) in [6.45, 7) is 2.29. The minimum atomic E-state index is -3.30. The van der Waals surface area contributed by atoms with Crippen molar-refractivity contribution in [2.24, 2.45) is 5.73 Å². The molecule has 2 N–H and O–H groups in total. The van der Waals surface area contributed by atoms with Gasteiger partial charge in [-0.05, 0) is 12.1 Å². The predicted octanol–water partition coefficient (Wildman–Crippen LogP) is 0.490. The molecule has 0 spiro atoms. The fourth-order valence-electron chi connectivity index (χ4n) is 2.19. The third-order valence-corrected chi connectivity index (χ3v) is 6.72. The summed E-state index contributed by atoms with van der Waals surface area (Å²) < 4.78 is 24.4. The van der Waals surface area contributed by atoms with Crippen LogP contribution in [-0.4, -0.2) is 53.4 Å². The Bertz CT molecular complexity index is 619. The van der Waals surface area contributed by atoms with Crippen molar-refractivity contribution in [3.8, 4) is 0 Å². The maximum Gasteiger partial charge on any atom is 0.255 e. The molecule has 6 nitrogen and oxygen atoms in total. The molecule has 1 saturated heterocycles. The molecule has 0 saturated carbocycles. The highest BCUT2D eigenvalue weighted by atomic mass is 32.2. The minimum absolute atomic E-state index is 0.0341. The van der Waals surface area contributed by atoms with Crippen molar-refractivity contribution in [3.05, 3.63) is 29.6 Å². The fourth-order valence-corrected chi connectivity index (χ4v) is 5.16. The first-order valence-electron chi connectivity index (χ1n) is 6.75. The van der Waals surface area contributed by atoms with Gasteiger partial charge < -0.3 is 10.6 Å². The molecule has 1 aliphatic rings. The van der Waals surface area contributed by atoms with Crippen LogP contribution in [0.1, 0.15) is 23.0 Å². The van der Waals surface area contributed by atoms with Gasteiger partial charge in [0, 0.05) is 42.1 Å². The molecule has 1 atom stereocenters. The van der Waals surface area contributed by atoms with Gasteiger partial charge in [0.15, 0.2) is 9.84 Å². The summed E-state index contributed by atoms with van der Waals surface area (Å²) in [4.78, 5) is 18.1. The van der Waals surface area contributed by atoms with Gasteiger partial charge in [-0.2, -0.15) is 11.8 Å². The van der Waals surface area contributed by atoms with E-state index in [2.05, 4.69) is 4.98 Å². The van der Waals surface area contributed by atoms with Crippen LogP contribution in [-0.2, 0) is 16.4 Å². The van der Waals surface area contributed by atoms with Gasteiger partial charge in [0.25, 0.3) is 5.91 Å². The third-order valence-electron chi connectivity index (χ3n) is 3.44. The summed E-state index contributed by atoms with van der Waals surface area (Å²) >= 11 is 1.56. The van der Waals surface area contributed by atoms with E-state index >= 15 is 0 Å². The molecule has 2 heterocycles. The van der Waals surface area contributed by atoms with Crippen LogP contribution in [0.3, 0.4) is 0 Å². The lowest BCUT2D eigenvalue weighted by molar-refractivity contribution is 0.0749. The number of pyridine rings is 1. The van der Waals surface area contributed by atoms with Crippen LogP contribution in [0.5, 0.6) is 0 Å². The first-order chi connectivity index (χ1) is 9.99. The van der Waals surface area contributed by atoms with Crippen molar-refractivity contribution < 1.29 is 13.2 Å². The molecule has 0 aromatic carbocycles. The number of nitrogens with zero attached hydrogens (tertiary/aromatic N) is 2. The second kappa shape index (κ2) is 6.76. The van der Waals surface area contributed by atoms with Crippen LogP contribution in [0, 0.1) is 0 Å². The van der Waals surface area contributed by atoms with Crippen LogP contribution in [0.15, 0.2) is 18.3 Å². The smallest absolute Gasteiger partial charge is 0.255 e. The number of amides is 1. The molecule has 0 aliphatic carbocycles. The summed E-state index contributed by atoms with van der Waals surface area (Å²) in [5.41, 5.74) is 6.58. The average molecular weight is 329 g/mol. The lowest BCUT2D eigenvalue weighted by Crippen LogP contribution is -2.50. The second-order valence-corrected chi connectivity index (χ2v) is 8.32. The standard InChI is InChI=1S/C13H19N3O3S2/c1-2-21(18,19)12-9-20-6-5-16(12)13(17)10-3-4-15-11(7-10)8-14/h3-4,7,12H,2,5-6,8-9,14H2,1H3. The van der Waals surface area contributed by atoms with Crippen LogP contribution in [0.25, 0.3) is 0 Å². The van der Waals surface area contributed by atoms with Crippen LogP contribution >= 0.6 is 11.8 Å². The number of carbonyl (C=O) groups excluding carboxylic acids is 1. The Balaban J connectivity index is 2.30. The van der Waals surface area contributed by atoms with E-state index in [0.29, 0.717) is 23.6 Å². The second-order valence-electron chi connectivity index (χ2n) is 4.72. The molecule has 1 fully saturated rings. The number of hydrogen-bond donors (Lipinski definition) is 1. The van der Waals surface area contributed by atoms with Gasteiger partial charge in [-0.25, -0.2) is 8.42 Å². The van der Waals surface area contributed by atoms with E-state index in [1.54, 1.807) is 30.8 Å². The Morgan fingerprint density at radius 3 is 3.00 bits per heavy atom. The third kappa shape index (κ3) is 3.56. The summed E-state index contributed by atoms with van der Waals surface area (Å²) in [5.74, 6) is 0.939. The average Bonchev–Trinajstić information content (AvgIpc) is 2.54. The highest BCUT2D eigenvalue weighted by Gasteiger charge is 2.36. The van der Waals surface area contributed by atoms with Crippen LogP contribution in [0.2, 0.25) is 0 Å². The van der Waals surface area contributed by atoms with Crippen molar-refractivity contribution in [2.45, 2.75) is 18.8 Å². The molecule has 116 valence electrons. The van der Waals surface area contributed by atoms with Crippen molar-refractivity contribution in [2.75, 3.05) is 23.8 Å². The molecule has 0 bridgehead atoms. The number of hydrogen-bond acceptors (Lipinski definition) is 6. The molecule has 1 aliphatic heterocycles. The van der Waals surface area contributed by atoms with Gasteiger partial charge in [0.05, 0.1) is 5.69 Å². The topological polar surface area (TPSA) is 93.4 Å². The van der Waals surface area contributed by atoms with Crippen LogP contribution < -0.4 is 5.73 Å². The largest absolute Gasteiger partial charge is 0.325 e. The molecular weight excluding hydrogens is 310 g/mol. The van der Waals surface area contributed by atoms with E-state index in [9.17, 15) is 13.2 Å².